The lowest BCUT2D eigenvalue weighted by atomic mass is 10.1. The molecule has 6 nitrogen and oxygen atoms in total. The summed E-state index contributed by atoms with van der Waals surface area (Å²) in [5.74, 6) is -0.118. The van der Waals surface area contributed by atoms with Crippen molar-refractivity contribution in [3.8, 4) is 0 Å². The molecule has 0 saturated carbocycles. The van der Waals surface area contributed by atoms with Crippen molar-refractivity contribution in [3.05, 3.63) is 136 Å². The van der Waals surface area contributed by atoms with E-state index in [0.29, 0.717) is 34.1 Å². The fourth-order valence-electron chi connectivity index (χ4n) is 4.57. The van der Waals surface area contributed by atoms with Crippen LogP contribution in [0, 0.1) is 0 Å². The van der Waals surface area contributed by atoms with E-state index in [4.69, 9.17) is 11.6 Å². The third-order valence-corrected chi connectivity index (χ3v) is 8.27. The Morgan fingerprint density at radius 3 is 2.30 bits per heavy atom. The number of rotatable bonds is 8. The molecule has 0 unspecified atom stereocenters. The monoisotopic (exact) mass is 569 g/mol. The van der Waals surface area contributed by atoms with Gasteiger partial charge in [-0.25, -0.2) is 0 Å². The minimum Gasteiger partial charge on any atom is -0.345 e. The third kappa shape index (κ3) is 6.38. The summed E-state index contributed by atoms with van der Waals surface area (Å²) in [5, 5.41) is 6.40. The Bertz CT molecular complexity index is 1510. The molecule has 2 atom stereocenters. The second kappa shape index (κ2) is 12.4. The van der Waals surface area contributed by atoms with Gasteiger partial charge < -0.3 is 15.5 Å². The summed E-state index contributed by atoms with van der Waals surface area (Å²) in [5.41, 5.74) is 4.20. The Hall–Kier alpha value is -4.07. The first kappa shape index (κ1) is 27.5. The van der Waals surface area contributed by atoms with Gasteiger partial charge in [0.25, 0.3) is 11.8 Å². The molecule has 1 fully saturated rings. The zero-order chi connectivity index (χ0) is 28.1. The first-order valence-electron chi connectivity index (χ1n) is 12.9. The summed E-state index contributed by atoms with van der Waals surface area (Å²) in [4.78, 5) is 40.7. The van der Waals surface area contributed by atoms with Gasteiger partial charge >= 0.3 is 0 Å². The fraction of sp³-hybridized carbons (Fsp3) is 0.156. The lowest BCUT2D eigenvalue weighted by molar-refractivity contribution is -0.128. The molecule has 202 valence electrons. The summed E-state index contributed by atoms with van der Waals surface area (Å²) >= 11 is 7.57. The Morgan fingerprint density at radius 2 is 1.57 bits per heavy atom. The molecule has 1 heterocycles. The van der Waals surface area contributed by atoms with Gasteiger partial charge in [-0.15, -0.1) is 11.8 Å². The molecule has 0 radical (unpaired) electrons. The number of amides is 3. The number of anilines is 1. The summed E-state index contributed by atoms with van der Waals surface area (Å²) < 4.78 is 0. The van der Waals surface area contributed by atoms with E-state index in [2.05, 4.69) is 10.6 Å². The summed E-state index contributed by atoms with van der Waals surface area (Å²) in [7, 11) is 0. The van der Waals surface area contributed by atoms with Crippen LogP contribution in [0.2, 0.25) is 5.02 Å². The predicted molar refractivity (Wildman–Crippen MR) is 160 cm³/mol. The number of benzene rings is 4. The number of carbonyl (C=O) groups excluding carboxylic acids is 3. The maximum atomic E-state index is 13.1. The van der Waals surface area contributed by atoms with E-state index in [1.807, 2.05) is 78.6 Å². The van der Waals surface area contributed by atoms with Crippen LogP contribution in [0.5, 0.6) is 0 Å². The minimum atomic E-state index is -0.323. The van der Waals surface area contributed by atoms with E-state index in [0.717, 1.165) is 16.7 Å². The number of para-hydroxylation sites is 1. The van der Waals surface area contributed by atoms with Gasteiger partial charge in [0.15, 0.2) is 0 Å². The number of carbonyl (C=O) groups is 3. The van der Waals surface area contributed by atoms with Gasteiger partial charge in [-0.2, -0.15) is 0 Å². The molecule has 0 spiro atoms. The van der Waals surface area contributed by atoms with Gasteiger partial charge in [0.1, 0.15) is 5.37 Å². The average molecular weight is 570 g/mol. The van der Waals surface area contributed by atoms with Crippen molar-refractivity contribution in [2.45, 2.75) is 24.9 Å². The summed E-state index contributed by atoms with van der Waals surface area (Å²) in [6, 6.07) is 31.2. The molecule has 4 aromatic rings. The second-order valence-electron chi connectivity index (χ2n) is 9.54. The molecule has 1 aliphatic heterocycles. The Kier molecular flexibility index (Phi) is 8.53. The highest BCUT2D eigenvalue weighted by Gasteiger charge is 2.32. The van der Waals surface area contributed by atoms with Crippen molar-refractivity contribution in [3.63, 3.8) is 0 Å². The number of thioether (sulfide) groups is 1. The van der Waals surface area contributed by atoms with E-state index >= 15 is 0 Å². The Balaban J connectivity index is 1.26. The highest BCUT2D eigenvalue weighted by atomic mass is 35.5. The van der Waals surface area contributed by atoms with Crippen LogP contribution in [0.4, 0.5) is 5.69 Å². The molecular weight excluding hydrogens is 542 g/mol. The van der Waals surface area contributed by atoms with Crippen molar-refractivity contribution in [1.29, 1.82) is 0 Å². The third-order valence-electron chi connectivity index (χ3n) is 6.76. The molecule has 2 N–H and O–H groups in total. The zero-order valence-electron chi connectivity index (χ0n) is 21.8. The molecule has 3 amide bonds. The molecule has 1 saturated heterocycles. The van der Waals surface area contributed by atoms with Gasteiger partial charge in [0, 0.05) is 17.1 Å². The predicted octanol–water partition coefficient (Wildman–Crippen LogP) is 6.86. The SMILES string of the molecule is C[C@H](NC(=O)c1ccccc1NC(=O)c1ccc([C@H]2SCC(=O)N2Cc2ccc(Cl)cc2)cc1)c1ccccc1. The fourth-order valence-corrected chi connectivity index (χ4v) is 5.88. The maximum Gasteiger partial charge on any atom is 0.255 e. The van der Waals surface area contributed by atoms with Gasteiger partial charge in [-0.05, 0) is 60.0 Å². The maximum absolute atomic E-state index is 13.1. The first-order chi connectivity index (χ1) is 19.4. The van der Waals surface area contributed by atoms with Crippen molar-refractivity contribution in [2.75, 3.05) is 11.1 Å². The summed E-state index contributed by atoms with van der Waals surface area (Å²) in [6.45, 7) is 2.40. The van der Waals surface area contributed by atoms with Gasteiger partial charge in [-0.3, -0.25) is 14.4 Å². The Labute approximate surface area is 242 Å². The molecule has 0 aromatic heterocycles. The quantitative estimate of drug-likeness (QED) is 0.243. The van der Waals surface area contributed by atoms with Crippen molar-refractivity contribution in [2.24, 2.45) is 0 Å². The number of halogens is 1. The standard InChI is InChI=1S/C32H28ClN3O3S/c1-21(23-7-3-2-4-8-23)34-31(39)27-9-5-6-10-28(27)35-30(38)24-13-15-25(16-14-24)32-36(29(37)20-40-32)19-22-11-17-26(33)18-12-22/h2-18,21,32H,19-20H2,1H3,(H,34,39)(H,35,38)/t21-,32+/m0/s1. The lowest BCUT2D eigenvalue weighted by Gasteiger charge is -2.24. The number of hydrogen-bond acceptors (Lipinski definition) is 4. The van der Waals surface area contributed by atoms with Crippen LogP contribution in [0.15, 0.2) is 103 Å². The van der Waals surface area contributed by atoms with Crippen LogP contribution in [0.25, 0.3) is 0 Å². The number of hydrogen-bond donors (Lipinski definition) is 2. The van der Waals surface area contributed by atoms with Crippen molar-refractivity contribution >= 4 is 46.8 Å². The summed E-state index contributed by atoms with van der Waals surface area (Å²) in [6.07, 6.45) is 0. The van der Waals surface area contributed by atoms with E-state index in [-0.39, 0.29) is 29.1 Å². The van der Waals surface area contributed by atoms with Gasteiger partial charge in [0.05, 0.1) is 23.0 Å². The molecule has 8 heteroatoms. The molecule has 0 aliphatic carbocycles. The van der Waals surface area contributed by atoms with E-state index in [9.17, 15) is 14.4 Å². The van der Waals surface area contributed by atoms with Crippen molar-refractivity contribution in [1.82, 2.24) is 10.2 Å². The average Bonchev–Trinajstić information content (AvgIpc) is 3.34. The van der Waals surface area contributed by atoms with Crippen molar-refractivity contribution < 1.29 is 14.4 Å². The zero-order valence-corrected chi connectivity index (χ0v) is 23.4. The van der Waals surface area contributed by atoms with E-state index in [1.54, 1.807) is 48.2 Å². The van der Waals surface area contributed by atoms with E-state index < -0.39 is 0 Å². The van der Waals surface area contributed by atoms with E-state index in [1.165, 1.54) is 0 Å². The topological polar surface area (TPSA) is 78.5 Å². The molecule has 1 aliphatic rings. The van der Waals surface area contributed by atoms with Crippen LogP contribution >= 0.6 is 23.4 Å². The van der Waals surface area contributed by atoms with Crippen LogP contribution in [0.3, 0.4) is 0 Å². The molecule has 0 bridgehead atoms. The highest BCUT2D eigenvalue weighted by molar-refractivity contribution is 8.00. The van der Waals surface area contributed by atoms with Crippen LogP contribution in [-0.4, -0.2) is 28.4 Å². The van der Waals surface area contributed by atoms with Crippen LogP contribution < -0.4 is 10.6 Å². The highest BCUT2D eigenvalue weighted by Crippen LogP contribution is 2.39. The second-order valence-corrected chi connectivity index (χ2v) is 11.0. The number of nitrogens with one attached hydrogen (secondary N) is 2. The molecule has 5 rings (SSSR count). The molecule has 40 heavy (non-hydrogen) atoms. The van der Waals surface area contributed by atoms with Gasteiger partial charge in [0.2, 0.25) is 5.91 Å². The van der Waals surface area contributed by atoms with Gasteiger partial charge in [-0.1, -0.05) is 78.3 Å². The normalized spacial score (nSPS) is 15.5. The molecule has 4 aromatic carbocycles. The minimum absolute atomic E-state index is 0.0724. The van der Waals surface area contributed by atoms with Crippen LogP contribution in [0.1, 0.15) is 55.7 Å². The lowest BCUT2D eigenvalue weighted by Crippen LogP contribution is -2.28. The number of nitrogens with zero attached hydrogens (tertiary/aromatic N) is 1. The molecular formula is C32H28ClN3O3S. The van der Waals surface area contributed by atoms with Crippen LogP contribution in [-0.2, 0) is 11.3 Å². The largest absolute Gasteiger partial charge is 0.345 e. The first-order valence-corrected chi connectivity index (χ1v) is 14.3. The smallest absolute Gasteiger partial charge is 0.255 e. The Morgan fingerprint density at radius 1 is 0.900 bits per heavy atom.